The summed E-state index contributed by atoms with van der Waals surface area (Å²) in [6.45, 7) is 5.59. The van der Waals surface area contributed by atoms with Crippen LogP contribution in [-0.4, -0.2) is 35.8 Å². The van der Waals surface area contributed by atoms with Gasteiger partial charge < -0.3 is 14.8 Å². The number of hydrogen-bond donors (Lipinski definition) is 1. The van der Waals surface area contributed by atoms with Crippen molar-refractivity contribution in [2.75, 3.05) is 13.2 Å². The molecular weight excluding hydrogens is 248 g/mol. The van der Waals surface area contributed by atoms with Crippen molar-refractivity contribution in [2.24, 2.45) is 0 Å². The quantitative estimate of drug-likeness (QED) is 0.663. The van der Waals surface area contributed by atoms with Crippen LogP contribution in [0.4, 0.5) is 4.79 Å². The molecule has 0 radical (unpaired) electrons. The second-order valence-electron chi connectivity index (χ2n) is 4.81. The fourth-order valence-corrected chi connectivity index (χ4v) is 1.18. The lowest BCUT2D eigenvalue weighted by atomic mass is 10.2. The molecule has 0 unspecified atom stereocenters. The summed E-state index contributed by atoms with van der Waals surface area (Å²) in [4.78, 5) is 26.6. The third-order valence-electron chi connectivity index (χ3n) is 1.90. The average Bonchev–Trinajstić information content (AvgIpc) is 2.33. The normalized spacial score (nSPS) is 10.7. The fraction of sp³-hybridized carbons (Fsp3) is 0.462. The van der Waals surface area contributed by atoms with Crippen LogP contribution in [0.5, 0.6) is 0 Å². The topological polar surface area (TPSA) is 77.5 Å². The second kappa shape index (κ2) is 6.72. The van der Waals surface area contributed by atoms with Gasteiger partial charge in [-0.3, -0.25) is 4.98 Å². The zero-order valence-electron chi connectivity index (χ0n) is 11.3. The standard InChI is InChI=1S/C13H18N2O4/c1-13(2,3)19-12(17)15-7-8-18-11(16)10-5-4-6-14-9-10/h4-6,9H,7-8H2,1-3H3,(H,15,17). The summed E-state index contributed by atoms with van der Waals surface area (Å²) in [6, 6.07) is 3.26. The third kappa shape index (κ3) is 6.40. The molecule has 6 nitrogen and oxygen atoms in total. The average molecular weight is 266 g/mol. The minimum Gasteiger partial charge on any atom is -0.460 e. The van der Waals surface area contributed by atoms with Crippen LogP contribution in [-0.2, 0) is 9.47 Å². The maximum absolute atomic E-state index is 11.5. The van der Waals surface area contributed by atoms with E-state index < -0.39 is 17.7 Å². The van der Waals surface area contributed by atoms with Crippen LogP contribution < -0.4 is 5.32 Å². The van der Waals surface area contributed by atoms with Gasteiger partial charge in [0.15, 0.2) is 0 Å². The fourth-order valence-electron chi connectivity index (χ4n) is 1.18. The second-order valence-corrected chi connectivity index (χ2v) is 4.81. The highest BCUT2D eigenvalue weighted by molar-refractivity contribution is 5.88. The SMILES string of the molecule is CC(C)(C)OC(=O)NCCOC(=O)c1cccnc1. The summed E-state index contributed by atoms with van der Waals surface area (Å²) in [5.41, 5.74) is -0.170. The van der Waals surface area contributed by atoms with Crippen molar-refractivity contribution >= 4 is 12.1 Å². The van der Waals surface area contributed by atoms with Gasteiger partial charge in [-0.2, -0.15) is 0 Å². The van der Waals surface area contributed by atoms with Gasteiger partial charge in [-0.1, -0.05) is 0 Å². The molecule has 0 bridgehead atoms. The first-order valence-electron chi connectivity index (χ1n) is 5.92. The van der Waals surface area contributed by atoms with Gasteiger partial charge in [0.05, 0.1) is 12.1 Å². The number of ether oxygens (including phenoxy) is 2. The van der Waals surface area contributed by atoms with Crippen molar-refractivity contribution in [1.29, 1.82) is 0 Å². The monoisotopic (exact) mass is 266 g/mol. The van der Waals surface area contributed by atoms with Crippen LogP contribution in [0.3, 0.4) is 0 Å². The molecule has 0 aliphatic rings. The van der Waals surface area contributed by atoms with Crippen LogP contribution >= 0.6 is 0 Å². The van der Waals surface area contributed by atoms with Crippen molar-refractivity contribution in [3.8, 4) is 0 Å². The first-order valence-corrected chi connectivity index (χ1v) is 5.92. The Morgan fingerprint density at radius 3 is 2.68 bits per heavy atom. The van der Waals surface area contributed by atoms with E-state index in [0.29, 0.717) is 5.56 Å². The minimum atomic E-state index is -0.545. The highest BCUT2D eigenvalue weighted by atomic mass is 16.6. The molecule has 1 N–H and O–H groups in total. The van der Waals surface area contributed by atoms with Crippen molar-refractivity contribution in [3.63, 3.8) is 0 Å². The maximum Gasteiger partial charge on any atom is 0.407 e. The number of aromatic nitrogens is 1. The van der Waals surface area contributed by atoms with Crippen molar-refractivity contribution in [1.82, 2.24) is 10.3 Å². The first-order chi connectivity index (χ1) is 8.88. The summed E-state index contributed by atoms with van der Waals surface area (Å²) in [7, 11) is 0. The first kappa shape index (κ1) is 14.9. The molecular formula is C13H18N2O4. The van der Waals surface area contributed by atoms with E-state index in [1.165, 1.54) is 6.20 Å². The summed E-state index contributed by atoms with van der Waals surface area (Å²) in [6.07, 6.45) is 2.45. The number of carbonyl (C=O) groups excluding carboxylic acids is 2. The molecule has 104 valence electrons. The van der Waals surface area contributed by atoms with E-state index >= 15 is 0 Å². The van der Waals surface area contributed by atoms with E-state index in [-0.39, 0.29) is 13.2 Å². The number of nitrogens with one attached hydrogen (secondary N) is 1. The van der Waals surface area contributed by atoms with Gasteiger partial charge in [0, 0.05) is 12.4 Å². The Bertz CT molecular complexity index is 426. The molecule has 0 spiro atoms. The molecule has 19 heavy (non-hydrogen) atoms. The number of pyridine rings is 1. The van der Waals surface area contributed by atoms with E-state index in [4.69, 9.17) is 9.47 Å². The van der Waals surface area contributed by atoms with Gasteiger partial charge in [-0.05, 0) is 32.9 Å². The third-order valence-corrected chi connectivity index (χ3v) is 1.90. The van der Waals surface area contributed by atoms with E-state index in [9.17, 15) is 9.59 Å². The predicted octanol–water partition coefficient (Wildman–Crippen LogP) is 1.76. The number of nitrogens with zero attached hydrogens (tertiary/aromatic N) is 1. The Labute approximate surface area is 112 Å². The Kier molecular flexibility index (Phi) is 5.29. The number of amides is 1. The molecule has 0 saturated carbocycles. The van der Waals surface area contributed by atoms with E-state index in [0.717, 1.165) is 0 Å². The highest BCUT2D eigenvalue weighted by Gasteiger charge is 2.15. The largest absolute Gasteiger partial charge is 0.460 e. The highest BCUT2D eigenvalue weighted by Crippen LogP contribution is 2.06. The molecule has 0 fully saturated rings. The van der Waals surface area contributed by atoms with Crippen LogP contribution in [0.1, 0.15) is 31.1 Å². The molecule has 1 heterocycles. The summed E-state index contributed by atoms with van der Waals surface area (Å²) < 4.78 is 9.99. The van der Waals surface area contributed by atoms with Gasteiger partial charge in [0.25, 0.3) is 0 Å². The van der Waals surface area contributed by atoms with Crippen molar-refractivity contribution < 1.29 is 19.1 Å². The Hall–Kier alpha value is -2.11. The summed E-state index contributed by atoms with van der Waals surface area (Å²) in [5.74, 6) is -0.473. The lowest BCUT2D eigenvalue weighted by molar-refractivity contribution is 0.0433. The lowest BCUT2D eigenvalue weighted by Gasteiger charge is -2.19. The summed E-state index contributed by atoms with van der Waals surface area (Å²) in [5, 5.41) is 2.49. The van der Waals surface area contributed by atoms with Gasteiger partial charge >= 0.3 is 12.1 Å². The predicted molar refractivity (Wildman–Crippen MR) is 68.8 cm³/mol. The lowest BCUT2D eigenvalue weighted by Crippen LogP contribution is -2.34. The molecule has 0 aliphatic heterocycles. The minimum absolute atomic E-state index is 0.0764. The molecule has 1 aromatic heterocycles. The number of carbonyl (C=O) groups is 2. The number of rotatable bonds is 4. The molecule has 6 heteroatoms. The zero-order chi connectivity index (χ0) is 14.3. The van der Waals surface area contributed by atoms with Crippen LogP contribution in [0, 0.1) is 0 Å². The maximum atomic E-state index is 11.5. The van der Waals surface area contributed by atoms with Crippen LogP contribution in [0.25, 0.3) is 0 Å². The Morgan fingerprint density at radius 1 is 1.37 bits per heavy atom. The van der Waals surface area contributed by atoms with Crippen LogP contribution in [0.2, 0.25) is 0 Å². The number of hydrogen-bond acceptors (Lipinski definition) is 5. The molecule has 0 atom stereocenters. The van der Waals surface area contributed by atoms with Gasteiger partial charge in [0.1, 0.15) is 12.2 Å². The van der Waals surface area contributed by atoms with E-state index in [1.807, 2.05) is 0 Å². The Balaban J connectivity index is 2.21. The number of alkyl carbamates (subject to hydrolysis) is 1. The van der Waals surface area contributed by atoms with Crippen LogP contribution in [0.15, 0.2) is 24.5 Å². The molecule has 1 amide bonds. The van der Waals surface area contributed by atoms with Crippen molar-refractivity contribution in [2.45, 2.75) is 26.4 Å². The molecule has 0 aromatic carbocycles. The molecule has 1 aromatic rings. The van der Waals surface area contributed by atoms with E-state index in [1.54, 1.807) is 39.1 Å². The molecule has 1 rings (SSSR count). The van der Waals surface area contributed by atoms with Gasteiger partial charge in [0.2, 0.25) is 0 Å². The Morgan fingerprint density at radius 2 is 2.11 bits per heavy atom. The van der Waals surface area contributed by atoms with Gasteiger partial charge in [-0.15, -0.1) is 0 Å². The molecule has 0 aliphatic carbocycles. The zero-order valence-corrected chi connectivity index (χ0v) is 11.3. The smallest absolute Gasteiger partial charge is 0.407 e. The summed E-state index contributed by atoms with van der Waals surface area (Å²) >= 11 is 0. The molecule has 0 saturated heterocycles. The van der Waals surface area contributed by atoms with Crippen molar-refractivity contribution in [3.05, 3.63) is 30.1 Å². The number of esters is 1. The van der Waals surface area contributed by atoms with Gasteiger partial charge in [-0.25, -0.2) is 9.59 Å². The van der Waals surface area contributed by atoms with E-state index in [2.05, 4.69) is 10.3 Å².